The van der Waals surface area contributed by atoms with Crippen LogP contribution in [0.3, 0.4) is 0 Å². The SMILES string of the molecule is C=Cc1ccc(CC2(c3ccc(C)cc3C)C3=CC(N(C4=CCC(c5ccc(N(c6ccc7c(c6)C(Cc6ccc(C=C)cc6)(c6ccc(C)cc6C)c6ccccc6-7)c6cccc7ccccc67)c6ccccc56)c5ccccc54)c4cccc5ccccc45)CC=C3c3ccccc32)cc1. The van der Waals surface area contributed by atoms with E-state index in [0.29, 0.717) is 0 Å². The summed E-state index contributed by atoms with van der Waals surface area (Å²) in [4.78, 5) is 5.31. The van der Waals surface area contributed by atoms with E-state index >= 15 is 0 Å². The minimum Gasteiger partial charge on any atom is -0.333 e. The second-order valence-corrected chi connectivity index (χ2v) is 28.9. The van der Waals surface area contributed by atoms with Crippen molar-refractivity contribution in [1.29, 1.82) is 0 Å². The third-order valence-electron chi connectivity index (χ3n) is 23.1. The molecule has 0 aromatic heterocycles. The van der Waals surface area contributed by atoms with Crippen LogP contribution in [0.4, 0.5) is 22.7 Å². The van der Waals surface area contributed by atoms with Crippen molar-refractivity contribution >= 4 is 78.5 Å². The number of hydrogen-bond donors (Lipinski definition) is 0. The molecule has 0 bridgehead atoms. The van der Waals surface area contributed by atoms with Gasteiger partial charge in [-0.3, -0.25) is 0 Å². The second-order valence-electron chi connectivity index (χ2n) is 28.9. The molecule has 0 saturated heterocycles. The average molecular weight is 1310 g/mol. The molecule has 0 N–H and O–H groups in total. The Balaban J connectivity index is 0.800. The van der Waals surface area contributed by atoms with Gasteiger partial charge in [0.05, 0.1) is 28.2 Å². The third kappa shape index (κ3) is 10.0. The largest absolute Gasteiger partial charge is 0.333 e. The van der Waals surface area contributed by atoms with E-state index in [-0.39, 0.29) is 12.0 Å². The van der Waals surface area contributed by atoms with Crippen LogP contribution in [-0.4, -0.2) is 6.04 Å². The summed E-state index contributed by atoms with van der Waals surface area (Å²) >= 11 is 0. The number of hydrogen-bond acceptors (Lipinski definition) is 2. The second kappa shape index (κ2) is 25.1. The molecule has 4 unspecified atom stereocenters. The Morgan fingerprint density at radius 2 is 0.902 bits per heavy atom. The summed E-state index contributed by atoms with van der Waals surface area (Å²) in [7, 11) is 0. The maximum Gasteiger partial charge on any atom is 0.0563 e. The first-order chi connectivity index (χ1) is 50.1. The third-order valence-corrected chi connectivity index (χ3v) is 23.1. The highest BCUT2D eigenvalue weighted by molar-refractivity contribution is 6.07. The highest BCUT2D eigenvalue weighted by Gasteiger charge is 2.50. The minimum absolute atomic E-state index is 0.0310. The summed E-state index contributed by atoms with van der Waals surface area (Å²) in [5, 5.41) is 7.32. The van der Waals surface area contributed by atoms with E-state index < -0.39 is 10.8 Å². The van der Waals surface area contributed by atoms with Crippen LogP contribution in [0.2, 0.25) is 0 Å². The zero-order valence-electron chi connectivity index (χ0n) is 58.5. The Bertz CT molecular complexity index is 5820. The van der Waals surface area contributed by atoms with Crippen LogP contribution in [0.25, 0.3) is 66.9 Å². The lowest BCUT2D eigenvalue weighted by Crippen LogP contribution is -2.38. The summed E-state index contributed by atoms with van der Waals surface area (Å²) in [5.41, 5.74) is 32.1. The molecule has 4 aliphatic rings. The minimum atomic E-state index is -0.504. The number of benzene rings is 14. The van der Waals surface area contributed by atoms with Crippen molar-refractivity contribution < 1.29 is 0 Å². The van der Waals surface area contributed by atoms with E-state index in [4.69, 9.17) is 0 Å². The Morgan fingerprint density at radius 1 is 0.382 bits per heavy atom. The molecule has 18 rings (SSSR count). The molecule has 14 aromatic rings. The fourth-order valence-corrected chi connectivity index (χ4v) is 18.7. The zero-order chi connectivity index (χ0) is 68.8. The summed E-state index contributed by atoms with van der Waals surface area (Å²) in [6, 6.07) is 113. The Kier molecular flexibility index (Phi) is 15.4. The highest BCUT2D eigenvalue weighted by Crippen LogP contribution is 2.60. The molecule has 2 heteroatoms. The molecule has 0 spiro atoms. The highest BCUT2D eigenvalue weighted by atomic mass is 15.2. The molecule has 102 heavy (non-hydrogen) atoms. The van der Waals surface area contributed by atoms with Gasteiger partial charge in [0, 0.05) is 44.7 Å². The molecule has 2 nitrogen and oxygen atoms in total. The van der Waals surface area contributed by atoms with Crippen LogP contribution in [0.15, 0.2) is 334 Å². The van der Waals surface area contributed by atoms with Gasteiger partial charge in [-0.05, 0) is 200 Å². The number of rotatable bonds is 15. The normalized spacial score (nSPS) is 17.7. The van der Waals surface area contributed by atoms with Crippen molar-refractivity contribution in [1.82, 2.24) is 0 Å². The monoisotopic (exact) mass is 1310 g/mol. The van der Waals surface area contributed by atoms with Crippen molar-refractivity contribution in [3.63, 3.8) is 0 Å². The van der Waals surface area contributed by atoms with Gasteiger partial charge in [-0.2, -0.15) is 0 Å². The molecule has 0 saturated carbocycles. The summed E-state index contributed by atoms with van der Waals surface area (Å²) in [6.07, 6.45) is 15.0. The van der Waals surface area contributed by atoms with Gasteiger partial charge in [-0.25, -0.2) is 0 Å². The first-order valence-electron chi connectivity index (χ1n) is 36.3. The van der Waals surface area contributed by atoms with Gasteiger partial charge >= 0.3 is 0 Å². The van der Waals surface area contributed by atoms with Gasteiger partial charge < -0.3 is 9.80 Å². The lowest BCUT2D eigenvalue weighted by atomic mass is 9.66. The number of anilines is 4. The maximum atomic E-state index is 4.13. The number of allylic oxidation sites excluding steroid dienone is 3. The van der Waals surface area contributed by atoms with Gasteiger partial charge in [-0.1, -0.05) is 322 Å². The number of fused-ring (bicyclic) bond motifs is 10. The molecule has 490 valence electrons. The van der Waals surface area contributed by atoms with Crippen LogP contribution in [-0.2, 0) is 23.7 Å². The van der Waals surface area contributed by atoms with E-state index in [1.54, 1.807) is 0 Å². The van der Waals surface area contributed by atoms with Crippen LogP contribution in [0, 0.1) is 27.7 Å². The number of nitrogens with zero attached hydrogens (tertiary/aromatic N) is 2. The lowest BCUT2D eigenvalue weighted by Gasteiger charge is -2.42. The predicted octanol–water partition coefficient (Wildman–Crippen LogP) is 25.4. The van der Waals surface area contributed by atoms with Gasteiger partial charge in [0.2, 0.25) is 0 Å². The quantitative estimate of drug-likeness (QED) is 0.101. The summed E-state index contributed by atoms with van der Waals surface area (Å²) < 4.78 is 0. The van der Waals surface area contributed by atoms with Gasteiger partial charge in [0.1, 0.15) is 0 Å². The van der Waals surface area contributed by atoms with Crippen molar-refractivity contribution in [3.05, 3.63) is 429 Å². The van der Waals surface area contributed by atoms with Gasteiger partial charge in [-0.15, -0.1) is 0 Å². The average Bonchev–Trinajstić information content (AvgIpc) is 1.53. The Morgan fingerprint density at radius 3 is 1.56 bits per heavy atom. The molecule has 0 amide bonds. The van der Waals surface area contributed by atoms with Crippen LogP contribution in [0.1, 0.15) is 113 Å². The summed E-state index contributed by atoms with van der Waals surface area (Å²) in [5.74, 6) is 0.0619. The van der Waals surface area contributed by atoms with Crippen molar-refractivity contribution in [2.75, 3.05) is 9.80 Å². The van der Waals surface area contributed by atoms with Crippen LogP contribution >= 0.6 is 0 Å². The molecule has 0 heterocycles. The van der Waals surface area contributed by atoms with E-state index in [0.717, 1.165) is 53.9 Å². The fraction of sp³-hybridized carbons (Fsp3) is 0.120. The number of aryl methyl sites for hydroxylation is 4. The predicted molar refractivity (Wildman–Crippen MR) is 433 cm³/mol. The summed E-state index contributed by atoms with van der Waals surface area (Å²) in [6.45, 7) is 17.3. The molecule has 0 radical (unpaired) electrons. The van der Waals surface area contributed by atoms with Gasteiger partial charge in [0.15, 0.2) is 0 Å². The van der Waals surface area contributed by atoms with Crippen LogP contribution < -0.4 is 9.80 Å². The molecular formula is C100H80N2. The molecule has 4 aliphatic carbocycles. The first kappa shape index (κ1) is 62.4. The van der Waals surface area contributed by atoms with Crippen molar-refractivity contribution in [3.8, 4) is 11.1 Å². The van der Waals surface area contributed by atoms with E-state index in [9.17, 15) is 0 Å². The molecule has 0 fully saturated rings. The zero-order valence-corrected chi connectivity index (χ0v) is 58.5. The first-order valence-corrected chi connectivity index (χ1v) is 36.3. The molecular weight excluding hydrogens is 1230 g/mol. The van der Waals surface area contributed by atoms with Crippen molar-refractivity contribution in [2.45, 2.75) is 76.2 Å². The molecule has 4 atom stereocenters. The van der Waals surface area contributed by atoms with E-state index in [1.807, 2.05) is 12.2 Å². The Hall–Kier alpha value is -11.8. The maximum absolute atomic E-state index is 4.13. The van der Waals surface area contributed by atoms with Crippen molar-refractivity contribution in [2.24, 2.45) is 0 Å². The van der Waals surface area contributed by atoms with E-state index in [2.05, 4.69) is 366 Å². The fourth-order valence-electron chi connectivity index (χ4n) is 18.7. The molecule has 14 aromatic carbocycles. The van der Waals surface area contributed by atoms with Gasteiger partial charge in [0.25, 0.3) is 0 Å². The topological polar surface area (TPSA) is 6.48 Å². The lowest BCUT2D eigenvalue weighted by molar-refractivity contribution is 0.614. The Labute approximate surface area is 600 Å². The molecule has 0 aliphatic heterocycles. The smallest absolute Gasteiger partial charge is 0.0563 e. The van der Waals surface area contributed by atoms with Crippen LogP contribution in [0.5, 0.6) is 0 Å². The standard InChI is InChI=1S/C100H80N2/c1-7-69-41-45-71(46-42-69)63-99(89-55-39-65(3)59-67(89)5)91-35-19-17-31-83(91)85-51-49-75(61-93(85)99)101(95-37-21-25-73-23-9-11-27-77(73)95)97-57-53-81(79-29-13-15-33-87(79)97)82-54-58-98(88-34-16-14-30-80(82)88)102(96-38-22-26-74-24-10-12-28-78(74)96)76-50-52-86-84-32-18-20-36-92(84)100(94(86)62-76,90-56-40-66(4)60-68(90)6)64-72-47-43-70(8-2)44-48-72/h7-49,51-53,55-62,76,82H,1-2,50,54,63-64H2,3-6H3. The van der Waals surface area contributed by atoms with E-state index in [1.165, 1.54) is 149 Å².